The first kappa shape index (κ1) is 19.9. The summed E-state index contributed by atoms with van der Waals surface area (Å²) in [5, 5.41) is 0. The number of methoxy groups -OCH3 is 2. The zero-order valence-electron chi connectivity index (χ0n) is 14.1. The molecule has 0 fully saturated rings. The Morgan fingerprint density at radius 1 is 0.692 bits per heavy atom. The first-order chi connectivity index (χ1) is 12.0. The van der Waals surface area contributed by atoms with E-state index >= 15 is 0 Å². The molecule has 0 atom stereocenters. The molecule has 0 amide bonds. The highest BCUT2D eigenvalue weighted by Gasteiger charge is 2.72. The van der Waals surface area contributed by atoms with Gasteiger partial charge in [0.2, 0.25) is 5.41 Å². The molecule has 142 valence electrons. The quantitative estimate of drug-likeness (QED) is 0.661. The fourth-order valence-corrected chi connectivity index (χ4v) is 2.93. The molecule has 2 rings (SSSR count). The maximum atomic E-state index is 14.0. The predicted molar refractivity (Wildman–Crippen MR) is 83.6 cm³/mol. The average Bonchev–Trinajstić information content (AvgIpc) is 2.53. The third-order valence-electron chi connectivity index (χ3n) is 4.20. The summed E-state index contributed by atoms with van der Waals surface area (Å²) in [5.74, 6) is 0.347. The molecule has 2 aromatic carbocycles. The van der Waals surface area contributed by atoms with Gasteiger partial charge in [0.05, 0.1) is 14.2 Å². The van der Waals surface area contributed by atoms with Crippen molar-refractivity contribution in [2.45, 2.75) is 24.7 Å². The molecule has 0 bridgehead atoms. The van der Waals surface area contributed by atoms with Crippen LogP contribution in [-0.4, -0.2) is 26.6 Å². The Labute approximate surface area is 146 Å². The number of halogens is 6. The Balaban J connectivity index is 2.86. The Morgan fingerprint density at radius 2 is 1.19 bits per heavy atom. The largest absolute Gasteiger partial charge is 0.497 e. The lowest BCUT2D eigenvalue weighted by atomic mass is 9.72. The lowest BCUT2D eigenvalue weighted by Crippen LogP contribution is -2.54. The van der Waals surface area contributed by atoms with Crippen molar-refractivity contribution in [3.05, 3.63) is 59.2 Å². The summed E-state index contributed by atoms with van der Waals surface area (Å²) in [6.07, 6.45) is -11.2. The predicted octanol–water partition coefficient (Wildman–Crippen LogP) is 5.42. The number of rotatable bonds is 4. The van der Waals surface area contributed by atoms with Crippen LogP contribution in [0.25, 0.3) is 0 Å². The van der Waals surface area contributed by atoms with Gasteiger partial charge in [-0.25, -0.2) is 0 Å². The molecule has 0 saturated heterocycles. The second-order valence-electron chi connectivity index (χ2n) is 5.66. The van der Waals surface area contributed by atoms with Gasteiger partial charge in [-0.15, -0.1) is 0 Å². The van der Waals surface area contributed by atoms with Gasteiger partial charge < -0.3 is 9.47 Å². The number of alkyl halides is 6. The smallest absolute Gasteiger partial charge is 0.411 e. The molecule has 0 heterocycles. The van der Waals surface area contributed by atoms with Crippen LogP contribution in [-0.2, 0) is 5.41 Å². The van der Waals surface area contributed by atoms with Gasteiger partial charge in [0, 0.05) is 0 Å². The number of hydrogen-bond donors (Lipinski definition) is 0. The van der Waals surface area contributed by atoms with E-state index in [1.54, 1.807) is 0 Å². The third kappa shape index (κ3) is 3.08. The minimum absolute atomic E-state index is 0.151. The minimum Gasteiger partial charge on any atom is -0.497 e. The molecule has 0 spiro atoms. The molecule has 2 aromatic rings. The lowest BCUT2D eigenvalue weighted by molar-refractivity contribution is -0.288. The first-order valence-electron chi connectivity index (χ1n) is 7.42. The zero-order chi connectivity index (χ0) is 19.8. The Morgan fingerprint density at radius 3 is 1.58 bits per heavy atom. The van der Waals surface area contributed by atoms with Crippen molar-refractivity contribution in [1.29, 1.82) is 0 Å². The number of aryl methyl sites for hydroxylation is 1. The molecule has 0 aliphatic rings. The molecule has 0 aliphatic heterocycles. The van der Waals surface area contributed by atoms with Crippen molar-refractivity contribution in [3.63, 3.8) is 0 Å². The van der Waals surface area contributed by atoms with E-state index in [1.807, 2.05) is 0 Å². The van der Waals surface area contributed by atoms with Gasteiger partial charge >= 0.3 is 12.4 Å². The third-order valence-corrected chi connectivity index (χ3v) is 4.20. The maximum absolute atomic E-state index is 14.0. The molecular weight excluding hydrogens is 362 g/mol. The number of benzene rings is 2. The highest BCUT2D eigenvalue weighted by atomic mass is 19.4. The van der Waals surface area contributed by atoms with Crippen LogP contribution in [0.3, 0.4) is 0 Å². The fourth-order valence-electron chi connectivity index (χ4n) is 2.93. The summed E-state index contributed by atoms with van der Waals surface area (Å²) in [5.41, 5.74) is -5.89. The van der Waals surface area contributed by atoms with Gasteiger partial charge in [-0.05, 0) is 41.8 Å². The van der Waals surface area contributed by atoms with Crippen LogP contribution >= 0.6 is 0 Å². The molecule has 0 radical (unpaired) electrons. The number of hydrogen-bond acceptors (Lipinski definition) is 2. The second-order valence-corrected chi connectivity index (χ2v) is 5.66. The van der Waals surface area contributed by atoms with Gasteiger partial charge in [-0.1, -0.05) is 24.3 Å². The van der Waals surface area contributed by atoms with E-state index in [-0.39, 0.29) is 17.1 Å². The summed E-state index contributed by atoms with van der Waals surface area (Å²) in [4.78, 5) is 0. The lowest BCUT2D eigenvalue weighted by Gasteiger charge is -2.38. The Kier molecular flexibility index (Phi) is 5.17. The maximum Gasteiger partial charge on any atom is 0.411 e. The summed E-state index contributed by atoms with van der Waals surface area (Å²) in [6.45, 7) is 1.38. The van der Waals surface area contributed by atoms with Crippen molar-refractivity contribution in [3.8, 4) is 11.5 Å². The Bertz CT molecular complexity index is 749. The van der Waals surface area contributed by atoms with Crippen LogP contribution in [0.15, 0.2) is 42.5 Å². The summed E-state index contributed by atoms with van der Waals surface area (Å²) < 4.78 is 93.5. The van der Waals surface area contributed by atoms with Gasteiger partial charge in [0.25, 0.3) is 0 Å². The van der Waals surface area contributed by atoms with Gasteiger partial charge in [-0.2, -0.15) is 26.3 Å². The molecule has 8 heteroatoms. The van der Waals surface area contributed by atoms with Crippen molar-refractivity contribution in [2.75, 3.05) is 14.2 Å². The second kappa shape index (κ2) is 6.74. The average molecular weight is 378 g/mol. The molecule has 0 saturated carbocycles. The molecule has 2 nitrogen and oxygen atoms in total. The molecular formula is C18H16F6O2. The van der Waals surface area contributed by atoms with E-state index in [2.05, 4.69) is 0 Å². The SMILES string of the molecule is COc1ccc(C(c2ccc(OC)c(C)c2)(C(F)(F)F)C(F)(F)F)cc1. The van der Waals surface area contributed by atoms with Crippen molar-refractivity contribution in [2.24, 2.45) is 0 Å². The van der Waals surface area contributed by atoms with Gasteiger partial charge in [0.15, 0.2) is 0 Å². The normalized spacial score (nSPS) is 12.8. The molecule has 26 heavy (non-hydrogen) atoms. The standard InChI is InChI=1S/C18H16F6O2/c1-11-10-13(6-9-15(11)26-3)16(17(19,20)21,18(22,23)24)12-4-7-14(25-2)8-5-12/h4-10H,1-3H3. The van der Waals surface area contributed by atoms with Gasteiger partial charge in [0.1, 0.15) is 11.5 Å². The van der Waals surface area contributed by atoms with Crippen LogP contribution in [0.2, 0.25) is 0 Å². The summed E-state index contributed by atoms with van der Waals surface area (Å²) in [6, 6.07) is 6.43. The fraction of sp³-hybridized carbons (Fsp3) is 0.333. The van der Waals surface area contributed by atoms with E-state index < -0.39 is 28.9 Å². The first-order valence-corrected chi connectivity index (χ1v) is 7.42. The van der Waals surface area contributed by atoms with E-state index in [0.717, 1.165) is 42.5 Å². The van der Waals surface area contributed by atoms with E-state index in [1.165, 1.54) is 21.1 Å². The van der Waals surface area contributed by atoms with Crippen LogP contribution in [0.4, 0.5) is 26.3 Å². The van der Waals surface area contributed by atoms with Crippen LogP contribution in [0.1, 0.15) is 16.7 Å². The molecule has 0 aromatic heterocycles. The topological polar surface area (TPSA) is 18.5 Å². The minimum atomic E-state index is -5.62. The molecule has 0 N–H and O–H groups in total. The highest BCUT2D eigenvalue weighted by molar-refractivity contribution is 5.49. The van der Waals surface area contributed by atoms with Crippen LogP contribution < -0.4 is 9.47 Å². The van der Waals surface area contributed by atoms with E-state index in [0.29, 0.717) is 0 Å². The summed E-state index contributed by atoms with van der Waals surface area (Å²) in [7, 11) is 2.55. The van der Waals surface area contributed by atoms with Crippen molar-refractivity contribution < 1.29 is 35.8 Å². The number of ether oxygens (including phenoxy) is 2. The van der Waals surface area contributed by atoms with Crippen LogP contribution in [0, 0.1) is 6.92 Å². The monoisotopic (exact) mass is 378 g/mol. The van der Waals surface area contributed by atoms with Crippen molar-refractivity contribution >= 4 is 0 Å². The highest BCUT2D eigenvalue weighted by Crippen LogP contribution is 2.56. The van der Waals surface area contributed by atoms with E-state index in [4.69, 9.17) is 9.47 Å². The zero-order valence-corrected chi connectivity index (χ0v) is 14.1. The Hall–Kier alpha value is -2.38. The van der Waals surface area contributed by atoms with Gasteiger partial charge in [-0.3, -0.25) is 0 Å². The summed E-state index contributed by atoms with van der Waals surface area (Å²) >= 11 is 0. The van der Waals surface area contributed by atoms with E-state index in [9.17, 15) is 26.3 Å². The molecule has 0 unspecified atom stereocenters. The van der Waals surface area contributed by atoms with Crippen LogP contribution in [0.5, 0.6) is 11.5 Å². The van der Waals surface area contributed by atoms with Crippen molar-refractivity contribution in [1.82, 2.24) is 0 Å². The molecule has 0 aliphatic carbocycles.